The van der Waals surface area contributed by atoms with E-state index >= 15 is 0 Å². The third-order valence-corrected chi connectivity index (χ3v) is 5.52. The van der Waals surface area contributed by atoms with Crippen molar-refractivity contribution >= 4 is 24.4 Å². The van der Waals surface area contributed by atoms with Crippen LogP contribution in [0.15, 0.2) is 51.9 Å². The Bertz CT molecular complexity index is 709. The van der Waals surface area contributed by atoms with E-state index in [-0.39, 0.29) is 20.3 Å². The monoisotopic (exact) mass is 321 g/mol. The van der Waals surface area contributed by atoms with Crippen molar-refractivity contribution < 1.29 is 4.42 Å². The molecule has 3 aromatic rings. The van der Waals surface area contributed by atoms with E-state index in [0.29, 0.717) is 0 Å². The molecule has 1 aromatic carbocycles. The second-order valence-corrected chi connectivity index (χ2v) is 6.76. The van der Waals surface area contributed by atoms with Crippen LogP contribution in [0.4, 0.5) is 0 Å². The number of benzene rings is 1. The van der Waals surface area contributed by atoms with Gasteiger partial charge < -0.3 is 0 Å². The second kappa shape index (κ2) is 5.64. The number of hydrogen-bond donors (Lipinski definition) is 0. The molecule has 0 spiro atoms. The molecule has 0 aliphatic heterocycles. The number of fused-ring (bicyclic) bond motifs is 1. The number of rotatable bonds is 5. The van der Waals surface area contributed by atoms with E-state index in [0.717, 1.165) is 37.0 Å². The van der Waals surface area contributed by atoms with Crippen molar-refractivity contribution in [2.45, 2.75) is 25.8 Å². The maximum atomic E-state index is 12.1. The van der Waals surface area contributed by atoms with Crippen LogP contribution in [-0.2, 0) is 13.0 Å². The molecule has 0 N–H and O–H groups in total. The third kappa shape index (κ3) is 2.75. The Hall–Kier alpha value is -1.51. The van der Waals surface area contributed by atoms with Crippen LogP contribution in [0.3, 0.4) is 0 Å². The van der Waals surface area contributed by atoms with Crippen molar-refractivity contribution in [3.63, 3.8) is 0 Å². The minimum atomic E-state index is 0.165. The van der Waals surface area contributed by atoms with E-state index in [1.54, 1.807) is 6.26 Å². The summed E-state index contributed by atoms with van der Waals surface area (Å²) in [4.78, 5) is 12.1. The van der Waals surface area contributed by atoms with Crippen LogP contribution in [-0.4, -0.2) is 18.3 Å². The quantitative estimate of drug-likeness (QED) is 0.535. The Morgan fingerprint density at radius 2 is 2.00 bits per heavy atom. The van der Waals surface area contributed by atoms with Crippen LogP contribution in [0.5, 0.6) is 0 Å². The molecule has 19 heavy (non-hydrogen) atoms. The zero-order valence-electron chi connectivity index (χ0n) is 10.5. The molecule has 0 saturated carbocycles. The molecule has 0 unspecified atom stereocenters. The normalized spacial score (nSPS) is 11.2. The second-order valence-electron chi connectivity index (χ2n) is 4.53. The van der Waals surface area contributed by atoms with Crippen molar-refractivity contribution in [2.24, 2.45) is 0 Å². The summed E-state index contributed by atoms with van der Waals surface area (Å²) >= 11 is 0.165. The third-order valence-electron chi connectivity index (χ3n) is 3.17. The van der Waals surface area contributed by atoms with Crippen LogP contribution >= 0.6 is 0 Å². The molecule has 3 nitrogen and oxygen atoms in total. The number of nitrogens with zero attached hydrogens (tertiary/aromatic N) is 1. The first-order chi connectivity index (χ1) is 9.34. The molecule has 3 rings (SSSR count). The van der Waals surface area contributed by atoms with Crippen molar-refractivity contribution in [3.05, 3.63) is 58.8 Å². The van der Waals surface area contributed by atoms with E-state index in [1.165, 1.54) is 4.26 Å². The summed E-state index contributed by atoms with van der Waals surface area (Å²) < 4.78 is 8.51. The summed E-state index contributed by atoms with van der Waals surface area (Å²) in [6, 6.07) is 11.9. The number of furan rings is 1. The van der Waals surface area contributed by atoms with Gasteiger partial charge in [-0.25, -0.2) is 0 Å². The Morgan fingerprint density at radius 3 is 2.79 bits per heavy atom. The molecular weight excluding hydrogens is 305 g/mol. The summed E-state index contributed by atoms with van der Waals surface area (Å²) in [6.45, 7) is 0.855. The molecule has 0 atom stereocenters. The Kier molecular flexibility index (Phi) is 3.72. The topological polar surface area (TPSA) is 35.1 Å². The predicted molar refractivity (Wildman–Crippen MR) is 76.8 cm³/mol. The first-order valence-corrected chi connectivity index (χ1v) is 8.08. The van der Waals surface area contributed by atoms with Crippen molar-refractivity contribution in [3.8, 4) is 0 Å². The van der Waals surface area contributed by atoms with Gasteiger partial charge in [0, 0.05) is 0 Å². The zero-order valence-corrected chi connectivity index (χ0v) is 12.3. The van der Waals surface area contributed by atoms with Gasteiger partial charge in [0.15, 0.2) is 0 Å². The first kappa shape index (κ1) is 12.5. The maximum absolute atomic E-state index is 12.1. The molecule has 4 heteroatoms. The molecule has 0 aliphatic rings. The molecule has 0 amide bonds. The zero-order chi connectivity index (χ0) is 13.1. The van der Waals surface area contributed by atoms with Crippen LogP contribution < -0.4 is 5.56 Å². The number of unbranched alkanes of at least 4 members (excludes halogenated alkanes) is 1. The molecule has 98 valence electrons. The average Bonchev–Trinajstić information content (AvgIpc) is 3.04. The Labute approximate surface area is 117 Å². The number of aromatic nitrogens is 1. The van der Waals surface area contributed by atoms with E-state index in [9.17, 15) is 4.79 Å². The summed E-state index contributed by atoms with van der Waals surface area (Å²) in [5.41, 5.74) is 0.202. The Morgan fingerprint density at radius 1 is 1.11 bits per heavy atom. The minimum absolute atomic E-state index is 0.165. The summed E-state index contributed by atoms with van der Waals surface area (Å²) in [5, 5.41) is 0.897. The SMILES string of the molecule is O=c1c2ccccc2[se]n1CCCCc1ccco1. The van der Waals surface area contributed by atoms with E-state index in [1.807, 2.05) is 33.9 Å². The van der Waals surface area contributed by atoms with E-state index in [4.69, 9.17) is 4.42 Å². The predicted octanol–water partition coefficient (Wildman–Crippen LogP) is 2.67. The van der Waals surface area contributed by atoms with Crippen molar-refractivity contribution in [2.75, 3.05) is 0 Å². The van der Waals surface area contributed by atoms with E-state index in [2.05, 4.69) is 6.07 Å². The fourth-order valence-electron chi connectivity index (χ4n) is 2.17. The van der Waals surface area contributed by atoms with Gasteiger partial charge in [0.1, 0.15) is 0 Å². The number of hydrogen-bond acceptors (Lipinski definition) is 2. The summed E-state index contributed by atoms with van der Waals surface area (Å²) in [6.07, 6.45) is 4.75. The molecule has 0 saturated heterocycles. The van der Waals surface area contributed by atoms with Gasteiger partial charge in [-0.1, -0.05) is 0 Å². The number of aryl methyl sites for hydroxylation is 2. The average molecular weight is 320 g/mol. The molecule has 2 heterocycles. The van der Waals surface area contributed by atoms with Crippen LogP contribution in [0.25, 0.3) is 9.65 Å². The summed E-state index contributed by atoms with van der Waals surface area (Å²) in [5.74, 6) is 1.03. The van der Waals surface area contributed by atoms with Crippen LogP contribution in [0.1, 0.15) is 18.6 Å². The fraction of sp³-hybridized carbons (Fsp3) is 0.267. The van der Waals surface area contributed by atoms with E-state index < -0.39 is 0 Å². The standard InChI is InChI=1S/C15H15NO2Se/c17-15-13-8-1-2-9-14(13)19-16(15)10-4-3-6-12-7-5-11-18-12/h1-2,5,7-9,11H,3-4,6,10H2. The molecule has 0 bridgehead atoms. The van der Waals surface area contributed by atoms with Gasteiger partial charge in [-0.2, -0.15) is 0 Å². The van der Waals surface area contributed by atoms with Crippen LogP contribution in [0.2, 0.25) is 0 Å². The molecule has 0 fully saturated rings. The van der Waals surface area contributed by atoms with Crippen molar-refractivity contribution in [1.29, 1.82) is 0 Å². The molecule has 0 aliphatic carbocycles. The van der Waals surface area contributed by atoms with Gasteiger partial charge in [0.25, 0.3) is 0 Å². The van der Waals surface area contributed by atoms with Crippen LogP contribution in [0, 0.1) is 0 Å². The summed E-state index contributed by atoms with van der Waals surface area (Å²) in [7, 11) is 0. The Balaban J connectivity index is 1.62. The van der Waals surface area contributed by atoms with Gasteiger partial charge in [-0.3, -0.25) is 0 Å². The van der Waals surface area contributed by atoms with Gasteiger partial charge >= 0.3 is 117 Å². The molecular formula is C15H15NO2Se. The first-order valence-electron chi connectivity index (χ1n) is 6.46. The van der Waals surface area contributed by atoms with Gasteiger partial charge in [0.05, 0.1) is 0 Å². The fourth-order valence-corrected chi connectivity index (χ4v) is 4.34. The van der Waals surface area contributed by atoms with Gasteiger partial charge in [-0.15, -0.1) is 0 Å². The molecule has 2 aromatic heterocycles. The van der Waals surface area contributed by atoms with Crippen molar-refractivity contribution in [1.82, 2.24) is 3.56 Å². The molecule has 0 radical (unpaired) electrons. The van der Waals surface area contributed by atoms with Gasteiger partial charge in [-0.05, 0) is 0 Å². The van der Waals surface area contributed by atoms with Gasteiger partial charge in [0.2, 0.25) is 0 Å².